The summed E-state index contributed by atoms with van der Waals surface area (Å²) in [6.07, 6.45) is 4.51. The van der Waals surface area contributed by atoms with Crippen molar-refractivity contribution in [2.24, 2.45) is 0 Å². The van der Waals surface area contributed by atoms with Crippen LogP contribution < -0.4 is 0 Å². The minimum atomic E-state index is 0. The van der Waals surface area contributed by atoms with Crippen LogP contribution in [0.5, 0.6) is 0 Å². The molecule has 0 heterocycles. The second kappa shape index (κ2) is 48.4. The van der Waals surface area contributed by atoms with Crippen LogP contribution in [-0.4, -0.2) is 110 Å². The van der Waals surface area contributed by atoms with Gasteiger partial charge in [0.05, 0.1) is 43.7 Å². The highest BCUT2D eigenvalue weighted by Gasteiger charge is 1.92. The van der Waals surface area contributed by atoms with Crippen molar-refractivity contribution in [3.8, 4) is 0 Å². The third-order valence-electron chi connectivity index (χ3n) is 3.61. The van der Waals surface area contributed by atoms with Gasteiger partial charge in [-0.25, -0.2) is 0 Å². The summed E-state index contributed by atoms with van der Waals surface area (Å²) in [5, 5.41) is 8.30. The van der Waals surface area contributed by atoms with E-state index in [4.69, 9.17) is 38.3 Å². The van der Waals surface area contributed by atoms with Crippen LogP contribution in [0, 0.1) is 0 Å². The number of aliphatic hydroxyl groups is 1. The van der Waals surface area contributed by atoms with Crippen molar-refractivity contribution >= 4 is 0 Å². The van der Waals surface area contributed by atoms with Crippen molar-refractivity contribution < 1.29 is 43.0 Å². The van der Waals surface area contributed by atoms with Gasteiger partial charge in [0, 0.05) is 54.4 Å². The number of rotatable bonds is 19. The fraction of sp³-hybridized carbons (Fsp3) is 1.00. The van der Waals surface area contributed by atoms with Gasteiger partial charge >= 0.3 is 0 Å². The molecule has 0 spiro atoms. The maximum absolute atomic E-state index is 8.30. The summed E-state index contributed by atoms with van der Waals surface area (Å²) in [4.78, 5) is 0. The van der Waals surface area contributed by atoms with E-state index in [0.717, 1.165) is 39.1 Å². The average molecular weight is 591 g/mol. The van der Waals surface area contributed by atoms with Crippen molar-refractivity contribution in [3.05, 3.63) is 0 Å². The lowest BCUT2D eigenvalue weighted by Gasteiger charge is -2.05. The van der Waals surface area contributed by atoms with E-state index in [2.05, 4.69) is 25.5 Å². The third-order valence-corrected chi connectivity index (χ3v) is 3.61. The summed E-state index contributed by atoms with van der Waals surface area (Å²) in [6.45, 7) is 27.4. The van der Waals surface area contributed by atoms with E-state index in [0.29, 0.717) is 51.0 Å². The maximum atomic E-state index is 8.30. The van der Waals surface area contributed by atoms with Crippen LogP contribution in [0.2, 0.25) is 0 Å². The predicted octanol–water partition coefficient (Wildman–Crippen LogP) is 6.77. The molecule has 0 bridgehead atoms. The Kier molecular flexibility index (Phi) is 63.2. The Balaban J connectivity index is -0.0000000900. The van der Waals surface area contributed by atoms with Gasteiger partial charge in [-0.05, 0) is 88.5 Å². The molecule has 0 saturated heterocycles. The molecule has 0 fully saturated rings. The Hall–Kier alpha value is -0.360. The zero-order chi connectivity index (χ0) is 31.3. The normalized spacial score (nSPS) is 10.2. The molecule has 0 unspecified atom stereocenters. The smallest absolute Gasteiger partial charge is 0.146 e. The second-order valence-corrected chi connectivity index (χ2v) is 9.72. The van der Waals surface area contributed by atoms with Gasteiger partial charge in [0.25, 0.3) is 0 Å². The van der Waals surface area contributed by atoms with Gasteiger partial charge in [-0.2, -0.15) is 0 Å². The third kappa shape index (κ3) is 90.4. The van der Waals surface area contributed by atoms with Crippen molar-refractivity contribution in [1.82, 2.24) is 0 Å². The van der Waals surface area contributed by atoms with Crippen molar-refractivity contribution in [2.45, 2.75) is 133 Å². The Morgan fingerprint density at radius 3 is 1.10 bits per heavy atom. The monoisotopic (exact) mass is 591 g/mol. The molecule has 1 N–H and O–H groups in total. The lowest BCUT2D eigenvalue weighted by molar-refractivity contribution is -0.0587. The van der Waals surface area contributed by atoms with Gasteiger partial charge in [0.15, 0.2) is 0 Å². The van der Waals surface area contributed by atoms with Crippen LogP contribution in [0.4, 0.5) is 0 Å². The topological polar surface area (TPSA) is 94.1 Å². The molecule has 9 nitrogen and oxygen atoms in total. The largest absolute Gasteiger partial charge is 0.396 e. The van der Waals surface area contributed by atoms with Gasteiger partial charge in [-0.3, -0.25) is 0 Å². The van der Waals surface area contributed by atoms with Crippen molar-refractivity contribution in [2.75, 3.05) is 74.4 Å². The van der Waals surface area contributed by atoms with E-state index in [1.807, 2.05) is 55.4 Å². The van der Waals surface area contributed by atoms with Crippen molar-refractivity contribution in [3.63, 3.8) is 0 Å². The number of hydrogen-bond donors (Lipinski definition) is 1. The molecule has 40 heavy (non-hydrogen) atoms. The van der Waals surface area contributed by atoms with Gasteiger partial charge in [0.2, 0.25) is 0 Å². The molecule has 0 atom stereocenters. The molecule has 0 aliphatic heterocycles. The van der Waals surface area contributed by atoms with Gasteiger partial charge in [-0.1, -0.05) is 14.4 Å². The van der Waals surface area contributed by atoms with Crippen LogP contribution in [0.3, 0.4) is 0 Å². The first kappa shape index (κ1) is 52.3. The Labute approximate surface area is 250 Å². The first-order chi connectivity index (χ1) is 18.4. The molecule has 0 aliphatic rings. The van der Waals surface area contributed by atoms with Crippen LogP contribution >= 0.6 is 0 Å². The van der Waals surface area contributed by atoms with E-state index in [1.54, 1.807) is 21.3 Å². The highest BCUT2D eigenvalue weighted by atomic mass is 16.7. The van der Waals surface area contributed by atoms with Crippen LogP contribution in [0.15, 0.2) is 0 Å². The number of ether oxygens (including phenoxy) is 8. The Morgan fingerprint density at radius 1 is 0.450 bits per heavy atom. The highest BCUT2D eigenvalue weighted by Crippen LogP contribution is 1.90. The van der Waals surface area contributed by atoms with Crippen LogP contribution in [0.25, 0.3) is 0 Å². The molecule has 0 aromatic rings. The molecule has 0 aromatic carbocycles. The first-order valence-corrected chi connectivity index (χ1v) is 14.5. The fourth-order valence-corrected chi connectivity index (χ4v) is 1.83. The summed E-state index contributed by atoms with van der Waals surface area (Å²) in [6, 6.07) is 0. The highest BCUT2D eigenvalue weighted by molar-refractivity contribution is 4.38. The van der Waals surface area contributed by atoms with Crippen LogP contribution in [-0.2, 0) is 37.9 Å². The second-order valence-electron chi connectivity index (χ2n) is 9.72. The van der Waals surface area contributed by atoms with E-state index in [9.17, 15) is 0 Å². The van der Waals surface area contributed by atoms with E-state index in [-0.39, 0.29) is 20.1 Å². The SMILES string of the molecule is C.CC(C)OCCCO.CCCOC(C)C.COCCCOC(C)C.COCCOC(C)C.COCOC(C)C. The lowest BCUT2D eigenvalue weighted by Crippen LogP contribution is -2.07. The van der Waals surface area contributed by atoms with Crippen LogP contribution in [0.1, 0.15) is 103 Å². The summed E-state index contributed by atoms with van der Waals surface area (Å²) in [5.74, 6) is 0. The Bertz CT molecular complexity index is 341. The molecule has 9 heteroatoms. The molecular formula is C31H74O9. The summed E-state index contributed by atoms with van der Waals surface area (Å²) in [5.41, 5.74) is 0. The number of hydrogen-bond acceptors (Lipinski definition) is 9. The zero-order valence-corrected chi connectivity index (χ0v) is 28.4. The zero-order valence-electron chi connectivity index (χ0n) is 28.4. The Morgan fingerprint density at radius 2 is 0.825 bits per heavy atom. The van der Waals surface area contributed by atoms with E-state index in [1.165, 1.54) is 0 Å². The minimum absolute atomic E-state index is 0. The molecule has 0 radical (unpaired) electrons. The van der Waals surface area contributed by atoms with Gasteiger partial charge in [-0.15, -0.1) is 0 Å². The number of aliphatic hydroxyl groups excluding tert-OH is 1. The molecule has 252 valence electrons. The molecule has 0 aromatic heterocycles. The maximum Gasteiger partial charge on any atom is 0.146 e. The van der Waals surface area contributed by atoms with Crippen molar-refractivity contribution in [1.29, 1.82) is 0 Å². The standard InChI is InChI=1S/C7H16O2.2C6H14O2.C6H14O.C5H12O2.CH4/c1-7(2)9-6-4-5-8-3;1-6(2)8-5-4-7-3;1-6(2)8-5-3-4-7;1-4-5-7-6(2)3;1-5(2)7-4-6-3;/h7H,4-6H2,1-3H3;6H,4-5H2,1-3H3;6-7H,3-5H2,1-2H3;6H,4-5H2,1-3H3;5H,4H2,1-3H3;1H4. The molecule has 0 saturated carbocycles. The first-order valence-electron chi connectivity index (χ1n) is 14.5. The molecule has 0 aliphatic carbocycles. The average Bonchev–Trinajstić information content (AvgIpc) is 2.85. The predicted molar refractivity (Wildman–Crippen MR) is 170 cm³/mol. The van der Waals surface area contributed by atoms with Gasteiger partial charge in [0.1, 0.15) is 6.79 Å². The van der Waals surface area contributed by atoms with Gasteiger partial charge < -0.3 is 43.0 Å². The fourth-order valence-electron chi connectivity index (χ4n) is 1.83. The van der Waals surface area contributed by atoms with E-state index < -0.39 is 0 Å². The summed E-state index contributed by atoms with van der Waals surface area (Å²) >= 11 is 0. The molecular weight excluding hydrogens is 516 g/mol. The van der Waals surface area contributed by atoms with E-state index >= 15 is 0 Å². The number of methoxy groups -OCH3 is 3. The quantitative estimate of drug-likeness (QED) is 0.129. The summed E-state index contributed by atoms with van der Waals surface area (Å²) in [7, 11) is 4.99. The minimum Gasteiger partial charge on any atom is -0.396 e. The lowest BCUT2D eigenvalue weighted by atomic mass is 10.4. The molecule has 0 rings (SSSR count). The summed E-state index contributed by atoms with van der Waals surface area (Å²) < 4.78 is 39.9. The molecule has 0 amide bonds.